The first kappa shape index (κ1) is 13.9. The van der Waals surface area contributed by atoms with E-state index in [-0.39, 0.29) is 5.60 Å². The average molecular weight is 265 g/mol. The molecule has 110 valence electrons. The summed E-state index contributed by atoms with van der Waals surface area (Å²) in [4.78, 5) is 0. The topological polar surface area (TPSA) is 21.3 Å². The van der Waals surface area contributed by atoms with Crippen LogP contribution in [0.3, 0.4) is 0 Å². The molecule has 0 aliphatic heterocycles. The Morgan fingerprint density at radius 1 is 1.05 bits per heavy atom. The summed E-state index contributed by atoms with van der Waals surface area (Å²) < 4.78 is 6.44. The Bertz CT molecular complexity index is 268. The highest BCUT2D eigenvalue weighted by Gasteiger charge is 2.39. The smallest absolute Gasteiger partial charge is 0.0806 e. The molecule has 3 fully saturated rings. The Hall–Kier alpha value is -0.0800. The molecule has 0 bridgehead atoms. The van der Waals surface area contributed by atoms with Gasteiger partial charge in [0.15, 0.2) is 0 Å². The van der Waals surface area contributed by atoms with Crippen molar-refractivity contribution in [3.63, 3.8) is 0 Å². The highest BCUT2D eigenvalue weighted by atomic mass is 16.5. The summed E-state index contributed by atoms with van der Waals surface area (Å²) in [5.41, 5.74) is 0.177. The fourth-order valence-corrected chi connectivity index (χ4v) is 3.40. The first-order chi connectivity index (χ1) is 9.17. The van der Waals surface area contributed by atoms with Crippen molar-refractivity contribution < 1.29 is 4.74 Å². The molecular formula is C17H31NO. The van der Waals surface area contributed by atoms with Crippen LogP contribution in [0.5, 0.6) is 0 Å². The van der Waals surface area contributed by atoms with Gasteiger partial charge in [-0.3, -0.25) is 0 Å². The van der Waals surface area contributed by atoms with Crippen LogP contribution in [-0.2, 0) is 4.74 Å². The van der Waals surface area contributed by atoms with Gasteiger partial charge in [0.2, 0.25) is 0 Å². The molecule has 0 amide bonds. The molecule has 3 saturated carbocycles. The molecule has 3 rings (SSSR count). The van der Waals surface area contributed by atoms with Crippen LogP contribution in [0.1, 0.15) is 65.2 Å². The lowest BCUT2D eigenvalue weighted by Crippen LogP contribution is -2.47. The van der Waals surface area contributed by atoms with Gasteiger partial charge < -0.3 is 10.1 Å². The molecule has 0 spiro atoms. The molecule has 0 saturated heterocycles. The second kappa shape index (κ2) is 5.73. The number of ether oxygens (including phenoxy) is 1. The van der Waals surface area contributed by atoms with E-state index < -0.39 is 0 Å². The van der Waals surface area contributed by atoms with E-state index in [2.05, 4.69) is 19.2 Å². The third-order valence-electron chi connectivity index (χ3n) is 5.50. The highest BCUT2D eigenvalue weighted by Crippen LogP contribution is 2.40. The second-order valence-corrected chi connectivity index (χ2v) is 7.67. The van der Waals surface area contributed by atoms with Crippen LogP contribution in [0.2, 0.25) is 0 Å². The molecule has 0 atom stereocenters. The summed E-state index contributed by atoms with van der Waals surface area (Å²) in [5, 5.41) is 3.73. The van der Waals surface area contributed by atoms with Crippen LogP contribution < -0.4 is 5.32 Å². The predicted molar refractivity (Wildman–Crippen MR) is 79.2 cm³/mol. The van der Waals surface area contributed by atoms with E-state index in [1.54, 1.807) is 0 Å². The normalized spacial score (nSPS) is 35.8. The first-order valence-electron chi connectivity index (χ1n) is 8.54. The van der Waals surface area contributed by atoms with Crippen molar-refractivity contribution in [2.45, 2.75) is 76.9 Å². The molecule has 3 aliphatic rings. The Morgan fingerprint density at radius 2 is 1.74 bits per heavy atom. The van der Waals surface area contributed by atoms with E-state index in [9.17, 15) is 0 Å². The predicted octanol–water partition coefficient (Wildman–Crippen LogP) is 3.75. The molecule has 0 heterocycles. The zero-order valence-electron chi connectivity index (χ0n) is 12.8. The van der Waals surface area contributed by atoms with Crippen molar-refractivity contribution in [1.82, 2.24) is 5.32 Å². The Balaban J connectivity index is 1.52. The average Bonchev–Trinajstić information content (AvgIpc) is 3.29. The monoisotopic (exact) mass is 265 g/mol. The van der Waals surface area contributed by atoms with Crippen molar-refractivity contribution in [3.05, 3.63) is 0 Å². The van der Waals surface area contributed by atoms with E-state index in [4.69, 9.17) is 4.74 Å². The van der Waals surface area contributed by atoms with Gasteiger partial charge in [0.1, 0.15) is 0 Å². The molecule has 0 unspecified atom stereocenters. The van der Waals surface area contributed by atoms with Gasteiger partial charge >= 0.3 is 0 Å². The van der Waals surface area contributed by atoms with E-state index in [0.29, 0.717) is 0 Å². The van der Waals surface area contributed by atoms with Gasteiger partial charge in [-0.1, -0.05) is 13.8 Å². The number of rotatable bonds is 7. The van der Waals surface area contributed by atoms with E-state index in [0.717, 1.165) is 36.9 Å². The van der Waals surface area contributed by atoms with Crippen molar-refractivity contribution in [2.75, 3.05) is 13.2 Å². The molecule has 0 aromatic rings. The van der Waals surface area contributed by atoms with Crippen molar-refractivity contribution in [1.29, 1.82) is 0 Å². The summed E-state index contributed by atoms with van der Waals surface area (Å²) in [7, 11) is 0. The van der Waals surface area contributed by atoms with Gasteiger partial charge in [0.05, 0.1) is 12.2 Å². The summed E-state index contributed by atoms with van der Waals surface area (Å²) in [6.07, 6.45) is 10.9. The third kappa shape index (κ3) is 3.95. The SMILES string of the molecule is CC(C)C1CCC(CNC2CC2)(OCC2CC2)CC1. The van der Waals surface area contributed by atoms with Crippen LogP contribution in [0.4, 0.5) is 0 Å². The quantitative estimate of drug-likeness (QED) is 0.757. The molecule has 2 heteroatoms. The van der Waals surface area contributed by atoms with Crippen LogP contribution in [0.25, 0.3) is 0 Å². The molecule has 1 N–H and O–H groups in total. The summed E-state index contributed by atoms with van der Waals surface area (Å²) >= 11 is 0. The van der Waals surface area contributed by atoms with Crippen LogP contribution in [0, 0.1) is 17.8 Å². The lowest BCUT2D eigenvalue weighted by Gasteiger charge is -2.41. The van der Waals surface area contributed by atoms with Crippen LogP contribution >= 0.6 is 0 Å². The molecular weight excluding hydrogens is 234 g/mol. The fourth-order valence-electron chi connectivity index (χ4n) is 3.40. The number of hydrogen-bond acceptors (Lipinski definition) is 2. The molecule has 0 aromatic carbocycles. The standard InChI is InChI=1S/C17H31NO/c1-13(2)15-7-9-17(10-8-15,12-18-16-5-6-16)19-11-14-3-4-14/h13-16,18H,3-12H2,1-2H3. The van der Waals surface area contributed by atoms with Gasteiger partial charge in [0.25, 0.3) is 0 Å². The summed E-state index contributed by atoms with van der Waals surface area (Å²) in [6, 6.07) is 0.809. The van der Waals surface area contributed by atoms with Crippen molar-refractivity contribution in [2.24, 2.45) is 17.8 Å². The molecule has 3 aliphatic carbocycles. The highest BCUT2D eigenvalue weighted by molar-refractivity contribution is 4.93. The maximum Gasteiger partial charge on any atom is 0.0806 e. The number of hydrogen-bond donors (Lipinski definition) is 1. The van der Waals surface area contributed by atoms with E-state index in [1.165, 1.54) is 51.4 Å². The van der Waals surface area contributed by atoms with Crippen molar-refractivity contribution in [3.8, 4) is 0 Å². The Morgan fingerprint density at radius 3 is 2.26 bits per heavy atom. The largest absolute Gasteiger partial charge is 0.373 e. The van der Waals surface area contributed by atoms with E-state index in [1.807, 2.05) is 0 Å². The fraction of sp³-hybridized carbons (Fsp3) is 1.00. The van der Waals surface area contributed by atoms with Crippen LogP contribution in [0.15, 0.2) is 0 Å². The number of nitrogens with one attached hydrogen (secondary N) is 1. The molecule has 0 aromatic heterocycles. The Kier molecular flexibility index (Phi) is 4.19. The van der Waals surface area contributed by atoms with Gasteiger partial charge in [-0.25, -0.2) is 0 Å². The maximum absolute atomic E-state index is 6.44. The third-order valence-corrected chi connectivity index (χ3v) is 5.50. The van der Waals surface area contributed by atoms with Crippen molar-refractivity contribution >= 4 is 0 Å². The molecule has 0 radical (unpaired) electrons. The van der Waals surface area contributed by atoms with Gasteiger partial charge in [-0.05, 0) is 69.1 Å². The summed E-state index contributed by atoms with van der Waals surface area (Å²) in [6.45, 7) is 6.89. The minimum Gasteiger partial charge on any atom is -0.373 e. The minimum absolute atomic E-state index is 0.177. The maximum atomic E-state index is 6.44. The van der Waals surface area contributed by atoms with Gasteiger partial charge in [0, 0.05) is 12.6 Å². The molecule has 2 nitrogen and oxygen atoms in total. The Labute approximate surface area is 118 Å². The summed E-state index contributed by atoms with van der Waals surface area (Å²) in [5.74, 6) is 2.66. The lowest BCUT2D eigenvalue weighted by atomic mass is 9.74. The second-order valence-electron chi connectivity index (χ2n) is 7.67. The van der Waals surface area contributed by atoms with Gasteiger partial charge in [-0.15, -0.1) is 0 Å². The zero-order valence-corrected chi connectivity index (χ0v) is 12.8. The van der Waals surface area contributed by atoms with Crippen LogP contribution in [-0.4, -0.2) is 24.8 Å². The molecule has 19 heavy (non-hydrogen) atoms. The van der Waals surface area contributed by atoms with Gasteiger partial charge in [-0.2, -0.15) is 0 Å². The minimum atomic E-state index is 0.177. The first-order valence-corrected chi connectivity index (χ1v) is 8.54. The lowest BCUT2D eigenvalue weighted by molar-refractivity contribution is -0.0836. The van der Waals surface area contributed by atoms with E-state index >= 15 is 0 Å². The zero-order chi connectivity index (χ0) is 13.3.